The SMILES string of the molecule is CN=C(NC)N(C)C(=O)Nc1c(C)cccc1C. The summed E-state index contributed by atoms with van der Waals surface area (Å²) in [7, 11) is 5.03. The van der Waals surface area contributed by atoms with Gasteiger partial charge in [-0.05, 0) is 25.0 Å². The molecule has 0 saturated heterocycles. The number of anilines is 1. The Hall–Kier alpha value is -2.04. The van der Waals surface area contributed by atoms with Crippen molar-refractivity contribution in [2.24, 2.45) is 4.99 Å². The third-order valence-corrected chi connectivity index (χ3v) is 2.77. The first-order valence-corrected chi connectivity index (χ1v) is 5.76. The Morgan fingerprint density at radius 2 is 1.83 bits per heavy atom. The summed E-state index contributed by atoms with van der Waals surface area (Å²) >= 11 is 0. The van der Waals surface area contributed by atoms with E-state index in [9.17, 15) is 4.79 Å². The van der Waals surface area contributed by atoms with Gasteiger partial charge in [0.05, 0.1) is 0 Å². The molecule has 2 amide bonds. The standard InChI is InChI=1S/C13H20N4O/c1-9-7-6-8-10(2)11(9)16-13(18)17(5)12(14-3)15-4/h6-8H,1-5H3,(H,14,15)(H,16,18). The highest BCUT2D eigenvalue weighted by Crippen LogP contribution is 2.19. The van der Waals surface area contributed by atoms with Gasteiger partial charge >= 0.3 is 6.03 Å². The van der Waals surface area contributed by atoms with Gasteiger partial charge in [0.15, 0.2) is 0 Å². The predicted molar refractivity (Wildman–Crippen MR) is 75.1 cm³/mol. The highest BCUT2D eigenvalue weighted by Gasteiger charge is 2.14. The van der Waals surface area contributed by atoms with E-state index in [2.05, 4.69) is 15.6 Å². The molecule has 0 unspecified atom stereocenters. The molecule has 0 bridgehead atoms. The summed E-state index contributed by atoms with van der Waals surface area (Å²) in [5.41, 5.74) is 2.92. The van der Waals surface area contributed by atoms with Crippen LogP contribution in [0.1, 0.15) is 11.1 Å². The summed E-state index contributed by atoms with van der Waals surface area (Å²) in [4.78, 5) is 17.5. The molecular formula is C13H20N4O. The molecule has 0 aliphatic carbocycles. The number of nitrogens with zero attached hydrogens (tertiary/aromatic N) is 2. The second-order valence-corrected chi connectivity index (χ2v) is 4.05. The van der Waals surface area contributed by atoms with Gasteiger partial charge in [0.2, 0.25) is 5.96 Å². The second-order valence-electron chi connectivity index (χ2n) is 4.05. The Kier molecular flexibility index (Phi) is 4.71. The first kappa shape index (κ1) is 14.0. The molecule has 0 spiro atoms. The summed E-state index contributed by atoms with van der Waals surface area (Å²) in [6.07, 6.45) is 0. The molecule has 1 rings (SSSR count). The number of carbonyl (C=O) groups is 1. The van der Waals surface area contributed by atoms with E-state index < -0.39 is 0 Å². The Morgan fingerprint density at radius 3 is 2.28 bits per heavy atom. The molecule has 1 aromatic rings. The third-order valence-electron chi connectivity index (χ3n) is 2.77. The van der Waals surface area contributed by atoms with E-state index in [1.165, 1.54) is 4.90 Å². The van der Waals surface area contributed by atoms with Gasteiger partial charge in [-0.3, -0.25) is 9.89 Å². The van der Waals surface area contributed by atoms with Crippen molar-refractivity contribution in [1.82, 2.24) is 10.2 Å². The molecule has 98 valence electrons. The van der Waals surface area contributed by atoms with Gasteiger partial charge < -0.3 is 10.6 Å². The van der Waals surface area contributed by atoms with Crippen LogP contribution < -0.4 is 10.6 Å². The summed E-state index contributed by atoms with van der Waals surface area (Å²) in [5, 5.41) is 5.76. The zero-order chi connectivity index (χ0) is 13.7. The minimum atomic E-state index is -0.220. The van der Waals surface area contributed by atoms with Crippen LogP contribution in [0.4, 0.5) is 10.5 Å². The highest BCUT2D eigenvalue weighted by atomic mass is 16.2. The maximum absolute atomic E-state index is 12.1. The molecule has 0 radical (unpaired) electrons. The first-order valence-electron chi connectivity index (χ1n) is 5.76. The van der Waals surface area contributed by atoms with E-state index in [0.29, 0.717) is 5.96 Å². The number of aryl methyl sites for hydroxylation is 2. The largest absolute Gasteiger partial charge is 0.359 e. The number of urea groups is 1. The molecule has 0 saturated carbocycles. The van der Waals surface area contributed by atoms with Gasteiger partial charge in [-0.25, -0.2) is 4.79 Å². The van der Waals surface area contributed by atoms with Crippen LogP contribution >= 0.6 is 0 Å². The van der Waals surface area contributed by atoms with Crippen LogP contribution in [0.25, 0.3) is 0 Å². The van der Waals surface area contributed by atoms with Crippen molar-refractivity contribution in [1.29, 1.82) is 0 Å². The number of rotatable bonds is 1. The predicted octanol–water partition coefficient (Wildman–Crippen LogP) is 1.97. The van der Waals surface area contributed by atoms with E-state index in [1.54, 1.807) is 21.1 Å². The number of hydrogen-bond acceptors (Lipinski definition) is 2. The van der Waals surface area contributed by atoms with Crippen molar-refractivity contribution in [3.05, 3.63) is 29.3 Å². The van der Waals surface area contributed by atoms with Crippen LogP contribution in [-0.2, 0) is 0 Å². The molecule has 2 N–H and O–H groups in total. The van der Waals surface area contributed by atoms with E-state index in [1.807, 2.05) is 32.0 Å². The number of carbonyl (C=O) groups excluding carboxylic acids is 1. The zero-order valence-corrected chi connectivity index (χ0v) is 11.5. The topological polar surface area (TPSA) is 56.7 Å². The van der Waals surface area contributed by atoms with Crippen molar-refractivity contribution >= 4 is 17.7 Å². The Labute approximate surface area is 108 Å². The fraction of sp³-hybridized carbons (Fsp3) is 0.385. The Morgan fingerprint density at radius 1 is 1.28 bits per heavy atom. The van der Waals surface area contributed by atoms with Crippen molar-refractivity contribution in [3.63, 3.8) is 0 Å². The quantitative estimate of drug-likeness (QED) is 0.589. The Bertz CT molecular complexity index is 448. The van der Waals surface area contributed by atoms with Gasteiger partial charge in [-0.2, -0.15) is 0 Å². The van der Waals surface area contributed by atoms with Gasteiger partial charge in [0.1, 0.15) is 0 Å². The lowest BCUT2D eigenvalue weighted by molar-refractivity contribution is 0.238. The minimum Gasteiger partial charge on any atom is -0.359 e. The number of benzene rings is 1. The molecule has 18 heavy (non-hydrogen) atoms. The molecule has 0 aromatic heterocycles. The molecule has 0 atom stereocenters. The van der Waals surface area contributed by atoms with Crippen molar-refractivity contribution in [2.45, 2.75) is 13.8 Å². The second kappa shape index (κ2) is 6.05. The van der Waals surface area contributed by atoms with E-state index in [0.717, 1.165) is 16.8 Å². The Balaban J connectivity index is 2.88. The first-order chi connectivity index (χ1) is 8.51. The lowest BCUT2D eigenvalue weighted by Gasteiger charge is -2.20. The monoisotopic (exact) mass is 248 g/mol. The summed E-state index contributed by atoms with van der Waals surface area (Å²) in [6, 6.07) is 5.68. The molecule has 0 aliphatic rings. The molecule has 0 aliphatic heterocycles. The van der Waals surface area contributed by atoms with Crippen LogP contribution in [0.15, 0.2) is 23.2 Å². The number of para-hydroxylation sites is 1. The van der Waals surface area contributed by atoms with Crippen molar-refractivity contribution in [3.8, 4) is 0 Å². The molecule has 1 aromatic carbocycles. The average molecular weight is 248 g/mol. The van der Waals surface area contributed by atoms with Crippen LogP contribution in [0, 0.1) is 13.8 Å². The lowest BCUT2D eigenvalue weighted by atomic mass is 10.1. The van der Waals surface area contributed by atoms with Gasteiger partial charge in [-0.15, -0.1) is 0 Å². The van der Waals surface area contributed by atoms with Gasteiger partial charge in [0, 0.05) is 26.8 Å². The lowest BCUT2D eigenvalue weighted by Crippen LogP contribution is -2.43. The number of aliphatic imine (C=N–C) groups is 1. The van der Waals surface area contributed by atoms with Crippen molar-refractivity contribution in [2.75, 3.05) is 26.5 Å². The molecule has 0 fully saturated rings. The summed E-state index contributed by atoms with van der Waals surface area (Å²) in [6.45, 7) is 3.94. The summed E-state index contributed by atoms with van der Waals surface area (Å²) in [5.74, 6) is 0.513. The van der Waals surface area contributed by atoms with E-state index >= 15 is 0 Å². The minimum absolute atomic E-state index is 0.220. The fourth-order valence-electron chi connectivity index (χ4n) is 1.73. The third kappa shape index (κ3) is 3.00. The van der Waals surface area contributed by atoms with Crippen LogP contribution in [-0.4, -0.2) is 38.0 Å². The normalized spacial score (nSPS) is 11.1. The molecular weight excluding hydrogens is 228 g/mol. The maximum atomic E-state index is 12.1. The highest BCUT2D eigenvalue weighted by molar-refractivity contribution is 6.02. The van der Waals surface area contributed by atoms with Crippen LogP contribution in [0.3, 0.4) is 0 Å². The summed E-state index contributed by atoms with van der Waals surface area (Å²) < 4.78 is 0. The van der Waals surface area contributed by atoms with E-state index in [-0.39, 0.29) is 6.03 Å². The molecule has 0 heterocycles. The van der Waals surface area contributed by atoms with Gasteiger partial charge in [-0.1, -0.05) is 18.2 Å². The fourth-order valence-corrected chi connectivity index (χ4v) is 1.73. The van der Waals surface area contributed by atoms with Crippen LogP contribution in [0.2, 0.25) is 0 Å². The van der Waals surface area contributed by atoms with Crippen LogP contribution in [0.5, 0.6) is 0 Å². The average Bonchev–Trinajstić information content (AvgIpc) is 2.35. The molecule has 5 heteroatoms. The van der Waals surface area contributed by atoms with E-state index in [4.69, 9.17) is 0 Å². The number of guanidine groups is 1. The van der Waals surface area contributed by atoms with Gasteiger partial charge in [0.25, 0.3) is 0 Å². The maximum Gasteiger partial charge on any atom is 0.328 e. The number of nitrogens with one attached hydrogen (secondary N) is 2. The number of hydrogen-bond donors (Lipinski definition) is 2. The molecule has 5 nitrogen and oxygen atoms in total. The smallest absolute Gasteiger partial charge is 0.328 e. The van der Waals surface area contributed by atoms with Crippen molar-refractivity contribution < 1.29 is 4.79 Å². The number of amides is 2. The zero-order valence-electron chi connectivity index (χ0n) is 11.5.